The van der Waals surface area contributed by atoms with Gasteiger partial charge < -0.3 is 20.9 Å². The zero-order valence-corrected chi connectivity index (χ0v) is 10.4. The van der Waals surface area contributed by atoms with Gasteiger partial charge in [-0.2, -0.15) is 0 Å². The molecule has 1 heterocycles. The van der Waals surface area contributed by atoms with E-state index in [-0.39, 0.29) is 11.5 Å². The summed E-state index contributed by atoms with van der Waals surface area (Å²) >= 11 is 0. The van der Waals surface area contributed by atoms with Crippen LogP contribution in [0.3, 0.4) is 0 Å². The highest BCUT2D eigenvalue weighted by Crippen LogP contribution is 2.41. The number of rotatable bonds is 4. The molecule has 0 aliphatic carbocycles. The molecule has 1 saturated heterocycles. The predicted molar refractivity (Wildman–Crippen MR) is 67.0 cm³/mol. The Bertz CT molecular complexity index is 397. The van der Waals surface area contributed by atoms with Crippen LogP contribution in [0.1, 0.15) is 17.2 Å². The van der Waals surface area contributed by atoms with Crippen LogP contribution in [0.4, 0.5) is 0 Å². The van der Waals surface area contributed by atoms with Gasteiger partial charge in [0.1, 0.15) is 5.75 Å². The van der Waals surface area contributed by atoms with Crippen LogP contribution in [-0.4, -0.2) is 26.9 Å². The monoisotopic (exact) mass is 236 g/mol. The highest BCUT2D eigenvalue weighted by molar-refractivity contribution is 5.40. The molecule has 0 amide bonds. The van der Waals surface area contributed by atoms with Crippen LogP contribution < -0.4 is 16.2 Å². The molecular weight excluding hydrogens is 216 g/mol. The highest BCUT2D eigenvalue weighted by Gasteiger charge is 2.44. The summed E-state index contributed by atoms with van der Waals surface area (Å²) in [5.74, 6) is 0.822. The minimum Gasteiger partial charge on any atom is -0.496 e. The highest BCUT2D eigenvalue weighted by atomic mass is 16.5. The SMILES string of the molecule is COc1ccc(C)cc1C(N)C1(CN)COC1. The third-order valence-corrected chi connectivity index (χ3v) is 3.57. The molecule has 1 fully saturated rings. The molecule has 4 N–H and O–H groups in total. The molecule has 1 aromatic rings. The van der Waals surface area contributed by atoms with Gasteiger partial charge in [0.15, 0.2) is 0 Å². The van der Waals surface area contributed by atoms with Crippen molar-refractivity contribution in [2.45, 2.75) is 13.0 Å². The summed E-state index contributed by atoms with van der Waals surface area (Å²) in [7, 11) is 1.66. The van der Waals surface area contributed by atoms with E-state index in [0.717, 1.165) is 11.3 Å². The zero-order chi connectivity index (χ0) is 12.5. The van der Waals surface area contributed by atoms with Gasteiger partial charge in [-0.15, -0.1) is 0 Å². The summed E-state index contributed by atoms with van der Waals surface area (Å²) in [6.07, 6.45) is 0. The van der Waals surface area contributed by atoms with E-state index < -0.39 is 0 Å². The lowest BCUT2D eigenvalue weighted by Crippen LogP contribution is -2.55. The fourth-order valence-corrected chi connectivity index (χ4v) is 2.22. The Hall–Kier alpha value is -1.10. The molecule has 1 atom stereocenters. The van der Waals surface area contributed by atoms with Crippen molar-refractivity contribution in [3.8, 4) is 5.75 Å². The summed E-state index contributed by atoms with van der Waals surface area (Å²) < 4.78 is 10.6. The number of nitrogens with two attached hydrogens (primary N) is 2. The van der Waals surface area contributed by atoms with Crippen LogP contribution in [0, 0.1) is 12.3 Å². The fourth-order valence-electron chi connectivity index (χ4n) is 2.22. The second-order valence-corrected chi connectivity index (χ2v) is 4.78. The summed E-state index contributed by atoms with van der Waals surface area (Å²) in [5, 5.41) is 0. The van der Waals surface area contributed by atoms with Gasteiger partial charge >= 0.3 is 0 Å². The maximum atomic E-state index is 6.35. The van der Waals surface area contributed by atoms with E-state index in [1.165, 1.54) is 5.56 Å². The average molecular weight is 236 g/mol. The number of hydrogen-bond donors (Lipinski definition) is 2. The lowest BCUT2D eigenvalue weighted by atomic mass is 9.75. The van der Waals surface area contributed by atoms with Crippen molar-refractivity contribution in [2.24, 2.45) is 16.9 Å². The predicted octanol–water partition coefficient (Wildman–Crippen LogP) is 0.979. The first-order valence-electron chi connectivity index (χ1n) is 5.81. The third kappa shape index (κ3) is 2.04. The van der Waals surface area contributed by atoms with Crippen LogP contribution in [0.25, 0.3) is 0 Å². The van der Waals surface area contributed by atoms with Gasteiger partial charge in [0.2, 0.25) is 0 Å². The molecule has 17 heavy (non-hydrogen) atoms. The van der Waals surface area contributed by atoms with Gasteiger partial charge in [0.05, 0.1) is 20.3 Å². The molecule has 2 rings (SSSR count). The first-order valence-corrected chi connectivity index (χ1v) is 5.81. The average Bonchev–Trinajstić information content (AvgIpc) is 2.28. The van der Waals surface area contributed by atoms with E-state index in [1.807, 2.05) is 19.1 Å². The fraction of sp³-hybridized carbons (Fsp3) is 0.538. The molecule has 4 nitrogen and oxygen atoms in total. The molecule has 94 valence electrons. The first-order chi connectivity index (χ1) is 8.13. The van der Waals surface area contributed by atoms with Gasteiger partial charge in [-0.3, -0.25) is 0 Å². The van der Waals surface area contributed by atoms with E-state index >= 15 is 0 Å². The van der Waals surface area contributed by atoms with Crippen molar-refractivity contribution in [1.29, 1.82) is 0 Å². The van der Waals surface area contributed by atoms with Gasteiger partial charge in [-0.25, -0.2) is 0 Å². The summed E-state index contributed by atoms with van der Waals surface area (Å²) in [6, 6.07) is 5.89. The van der Waals surface area contributed by atoms with Crippen LogP contribution in [0.15, 0.2) is 18.2 Å². The van der Waals surface area contributed by atoms with Crippen LogP contribution in [0.5, 0.6) is 5.75 Å². The Balaban J connectivity index is 2.35. The molecular formula is C13H20N2O2. The maximum absolute atomic E-state index is 6.35. The van der Waals surface area contributed by atoms with E-state index in [2.05, 4.69) is 6.07 Å². The zero-order valence-electron chi connectivity index (χ0n) is 10.4. The van der Waals surface area contributed by atoms with E-state index in [4.69, 9.17) is 20.9 Å². The molecule has 1 aromatic carbocycles. The maximum Gasteiger partial charge on any atom is 0.123 e. The quantitative estimate of drug-likeness (QED) is 0.817. The van der Waals surface area contributed by atoms with Crippen molar-refractivity contribution in [1.82, 2.24) is 0 Å². The lowest BCUT2D eigenvalue weighted by Gasteiger charge is -2.45. The second-order valence-electron chi connectivity index (χ2n) is 4.78. The normalized spacial score (nSPS) is 19.5. The third-order valence-electron chi connectivity index (χ3n) is 3.57. The van der Waals surface area contributed by atoms with Crippen LogP contribution in [-0.2, 0) is 4.74 Å². The lowest BCUT2D eigenvalue weighted by molar-refractivity contribution is -0.121. The van der Waals surface area contributed by atoms with Crippen molar-refractivity contribution in [2.75, 3.05) is 26.9 Å². The number of methoxy groups -OCH3 is 1. The smallest absolute Gasteiger partial charge is 0.123 e. The van der Waals surface area contributed by atoms with Crippen molar-refractivity contribution < 1.29 is 9.47 Å². The van der Waals surface area contributed by atoms with Gasteiger partial charge in [-0.05, 0) is 13.0 Å². The van der Waals surface area contributed by atoms with E-state index in [9.17, 15) is 0 Å². The van der Waals surface area contributed by atoms with Crippen LogP contribution >= 0.6 is 0 Å². The number of benzene rings is 1. The molecule has 0 bridgehead atoms. The number of hydrogen-bond acceptors (Lipinski definition) is 4. The minimum atomic E-state index is -0.143. The van der Waals surface area contributed by atoms with Crippen LogP contribution in [0.2, 0.25) is 0 Å². The van der Waals surface area contributed by atoms with Crippen molar-refractivity contribution >= 4 is 0 Å². The van der Waals surface area contributed by atoms with Gasteiger partial charge in [-0.1, -0.05) is 17.7 Å². The van der Waals surface area contributed by atoms with Crippen molar-refractivity contribution in [3.63, 3.8) is 0 Å². The molecule has 1 aliphatic heterocycles. The number of aryl methyl sites for hydroxylation is 1. The molecule has 0 aromatic heterocycles. The Morgan fingerprint density at radius 1 is 1.47 bits per heavy atom. The Morgan fingerprint density at radius 3 is 2.65 bits per heavy atom. The van der Waals surface area contributed by atoms with Crippen molar-refractivity contribution in [3.05, 3.63) is 29.3 Å². The second kappa shape index (κ2) is 4.64. The summed E-state index contributed by atoms with van der Waals surface area (Å²) in [6.45, 7) is 3.83. The van der Waals surface area contributed by atoms with Gasteiger partial charge in [0.25, 0.3) is 0 Å². The Kier molecular flexibility index (Phi) is 3.38. The topological polar surface area (TPSA) is 70.5 Å². The standard InChI is InChI=1S/C13H20N2O2/c1-9-3-4-11(16-2)10(5-9)12(15)13(6-14)7-17-8-13/h3-5,12H,6-8,14-15H2,1-2H3. The first kappa shape index (κ1) is 12.4. The van der Waals surface area contributed by atoms with E-state index in [1.54, 1.807) is 7.11 Å². The Morgan fingerprint density at radius 2 is 2.18 bits per heavy atom. The van der Waals surface area contributed by atoms with E-state index in [0.29, 0.717) is 19.8 Å². The largest absolute Gasteiger partial charge is 0.496 e. The molecule has 0 saturated carbocycles. The van der Waals surface area contributed by atoms with Gasteiger partial charge in [0, 0.05) is 23.6 Å². The minimum absolute atomic E-state index is 0.138. The number of ether oxygens (including phenoxy) is 2. The summed E-state index contributed by atoms with van der Waals surface area (Å²) in [5.41, 5.74) is 14.2. The molecule has 0 radical (unpaired) electrons. The molecule has 0 spiro atoms. The molecule has 4 heteroatoms. The Labute approximate surface area is 102 Å². The molecule has 1 unspecified atom stereocenters. The molecule has 1 aliphatic rings. The summed E-state index contributed by atoms with van der Waals surface area (Å²) in [4.78, 5) is 0.